The fourth-order valence-electron chi connectivity index (χ4n) is 1.74. The van der Waals surface area contributed by atoms with Crippen LogP contribution in [0, 0.1) is 6.92 Å². The van der Waals surface area contributed by atoms with Crippen molar-refractivity contribution in [3.8, 4) is 0 Å². The lowest BCUT2D eigenvalue weighted by Crippen LogP contribution is -2.09. The summed E-state index contributed by atoms with van der Waals surface area (Å²) >= 11 is 3.32. The van der Waals surface area contributed by atoms with Gasteiger partial charge in [0.05, 0.1) is 0 Å². The average molecular weight is 227 g/mol. The molecule has 0 aromatic carbocycles. The Morgan fingerprint density at radius 1 is 1.17 bits per heavy atom. The monoisotopic (exact) mass is 226 g/mol. The Labute approximate surface area is 80.6 Å². The predicted molar refractivity (Wildman–Crippen MR) is 51.1 cm³/mol. The summed E-state index contributed by atoms with van der Waals surface area (Å²) in [6, 6.07) is 0. The molecular weight excluding hydrogens is 216 g/mol. The number of fused-ring (bicyclic) bond motifs is 1. The molecular formula is C9H11BrN2. The molecule has 1 aliphatic rings. The molecule has 0 amide bonds. The van der Waals surface area contributed by atoms with Gasteiger partial charge in [0.25, 0.3) is 0 Å². The number of rotatable bonds is 0. The first-order valence-corrected chi connectivity index (χ1v) is 5.08. The van der Waals surface area contributed by atoms with Crippen molar-refractivity contribution in [2.75, 3.05) is 0 Å². The van der Waals surface area contributed by atoms with Crippen LogP contribution in [-0.4, -0.2) is 9.97 Å². The van der Waals surface area contributed by atoms with E-state index >= 15 is 0 Å². The van der Waals surface area contributed by atoms with E-state index in [2.05, 4.69) is 32.8 Å². The zero-order valence-electron chi connectivity index (χ0n) is 7.10. The molecule has 0 saturated heterocycles. The van der Waals surface area contributed by atoms with Gasteiger partial charge >= 0.3 is 0 Å². The first kappa shape index (κ1) is 8.17. The van der Waals surface area contributed by atoms with E-state index in [4.69, 9.17) is 0 Å². The van der Waals surface area contributed by atoms with Gasteiger partial charge in [0.2, 0.25) is 0 Å². The third-order valence-corrected chi connectivity index (χ3v) is 2.72. The summed E-state index contributed by atoms with van der Waals surface area (Å²) in [4.78, 5) is 8.67. The summed E-state index contributed by atoms with van der Waals surface area (Å²) in [6.45, 7) is 2.07. The molecule has 64 valence electrons. The lowest BCUT2D eigenvalue weighted by atomic mass is 9.95. The number of hydrogen-bond acceptors (Lipinski definition) is 2. The average Bonchev–Trinajstić information content (AvgIpc) is 2.04. The van der Waals surface area contributed by atoms with Crippen LogP contribution in [0.15, 0.2) is 4.73 Å². The normalized spacial score (nSPS) is 15.8. The Morgan fingerprint density at radius 3 is 2.75 bits per heavy atom. The van der Waals surface area contributed by atoms with Gasteiger partial charge in [-0.15, -0.1) is 0 Å². The zero-order chi connectivity index (χ0) is 8.55. The molecule has 1 aromatic rings. The second-order valence-electron chi connectivity index (χ2n) is 3.21. The van der Waals surface area contributed by atoms with Crippen LogP contribution in [0.4, 0.5) is 0 Å². The van der Waals surface area contributed by atoms with Crippen molar-refractivity contribution in [2.45, 2.75) is 32.6 Å². The van der Waals surface area contributed by atoms with E-state index < -0.39 is 0 Å². The minimum absolute atomic E-state index is 0.737. The van der Waals surface area contributed by atoms with Crippen molar-refractivity contribution in [3.05, 3.63) is 21.7 Å². The summed E-state index contributed by atoms with van der Waals surface area (Å²) in [5, 5.41) is 0. The van der Waals surface area contributed by atoms with Crippen molar-refractivity contribution in [2.24, 2.45) is 0 Å². The van der Waals surface area contributed by atoms with Gasteiger partial charge in [0.15, 0.2) is 4.73 Å². The molecule has 12 heavy (non-hydrogen) atoms. The summed E-state index contributed by atoms with van der Waals surface area (Å²) < 4.78 is 0.737. The molecule has 0 bridgehead atoms. The summed E-state index contributed by atoms with van der Waals surface area (Å²) in [5.74, 6) is 0. The van der Waals surface area contributed by atoms with Crippen LogP contribution in [0.25, 0.3) is 0 Å². The fraction of sp³-hybridized carbons (Fsp3) is 0.556. The van der Waals surface area contributed by atoms with Crippen molar-refractivity contribution in [1.82, 2.24) is 9.97 Å². The van der Waals surface area contributed by atoms with Gasteiger partial charge in [0, 0.05) is 11.4 Å². The van der Waals surface area contributed by atoms with Crippen LogP contribution in [-0.2, 0) is 12.8 Å². The van der Waals surface area contributed by atoms with Crippen molar-refractivity contribution >= 4 is 15.9 Å². The van der Waals surface area contributed by atoms with Gasteiger partial charge < -0.3 is 0 Å². The molecule has 1 heterocycles. The summed E-state index contributed by atoms with van der Waals surface area (Å²) in [6.07, 6.45) is 4.85. The molecule has 1 aromatic heterocycles. The number of halogens is 1. The van der Waals surface area contributed by atoms with Crippen molar-refractivity contribution in [3.63, 3.8) is 0 Å². The summed E-state index contributed by atoms with van der Waals surface area (Å²) in [7, 11) is 0. The molecule has 1 aliphatic carbocycles. The largest absolute Gasteiger partial charge is 0.227 e. The highest BCUT2D eigenvalue weighted by molar-refractivity contribution is 9.10. The maximum Gasteiger partial charge on any atom is 0.197 e. The molecule has 2 rings (SSSR count). The van der Waals surface area contributed by atoms with Crippen molar-refractivity contribution in [1.29, 1.82) is 0 Å². The molecule has 0 saturated carbocycles. The Kier molecular flexibility index (Phi) is 2.13. The highest BCUT2D eigenvalue weighted by atomic mass is 79.9. The second-order valence-corrected chi connectivity index (χ2v) is 3.92. The van der Waals surface area contributed by atoms with Gasteiger partial charge in [0.1, 0.15) is 0 Å². The standard InChI is InChI=1S/C9H11BrN2/c1-6-7-4-2-3-5-8(7)12-9(10)11-6/h2-5H2,1H3. The third kappa shape index (κ3) is 1.38. The van der Waals surface area contributed by atoms with Crippen LogP contribution < -0.4 is 0 Å². The minimum Gasteiger partial charge on any atom is -0.227 e. The Morgan fingerprint density at radius 2 is 1.92 bits per heavy atom. The van der Waals surface area contributed by atoms with Crippen molar-refractivity contribution < 1.29 is 0 Å². The Hall–Kier alpha value is -0.440. The van der Waals surface area contributed by atoms with E-state index in [0.29, 0.717) is 0 Å². The molecule has 3 heteroatoms. The molecule has 0 N–H and O–H groups in total. The molecule has 2 nitrogen and oxygen atoms in total. The van der Waals surface area contributed by atoms with E-state index in [9.17, 15) is 0 Å². The molecule has 0 aliphatic heterocycles. The fourth-order valence-corrected chi connectivity index (χ4v) is 2.22. The number of aryl methyl sites for hydroxylation is 2. The minimum atomic E-state index is 0.737. The van der Waals surface area contributed by atoms with E-state index in [1.54, 1.807) is 0 Å². The highest BCUT2D eigenvalue weighted by Crippen LogP contribution is 2.22. The number of aromatic nitrogens is 2. The number of hydrogen-bond donors (Lipinski definition) is 0. The van der Waals surface area contributed by atoms with Crippen LogP contribution in [0.2, 0.25) is 0 Å². The third-order valence-electron chi connectivity index (χ3n) is 2.36. The number of nitrogens with zero attached hydrogens (tertiary/aromatic N) is 2. The lowest BCUT2D eigenvalue weighted by molar-refractivity contribution is 0.653. The molecule has 0 radical (unpaired) electrons. The van der Waals surface area contributed by atoms with Crippen LogP contribution >= 0.6 is 15.9 Å². The van der Waals surface area contributed by atoms with Crippen LogP contribution in [0.1, 0.15) is 29.8 Å². The first-order valence-electron chi connectivity index (χ1n) is 4.29. The second kappa shape index (κ2) is 3.13. The van der Waals surface area contributed by atoms with Crippen LogP contribution in [0.3, 0.4) is 0 Å². The molecule has 0 fully saturated rings. The van der Waals surface area contributed by atoms with E-state index in [1.165, 1.54) is 24.1 Å². The van der Waals surface area contributed by atoms with E-state index in [1.807, 2.05) is 0 Å². The quantitative estimate of drug-likeness (QED) is 0.636. The van der Waals surface area contributed by atoms with Gasteiger partial charge in [-0.2, -0.15) is 0 Å². The first-order chi connectivity index (χ1) is 5.77. The van der Waals surface area contributed by atoms with Gasteiger partial charge in [-0.25, -0.2) is 9.97 Å². The lowest BCUT2D eigenvalue weighted by Gasteiger charge is -2.15. The maximum atomic E-state index is 4.38. The molecule has 0 atom stereocenters. The predicted octanol–water partition coefficient (Wildman–Crippen LogP) is 2.43. The molecule has 0 unspecified atom stereocenters. The SMILES string of the molecule is Cc1nc(Br)nc2c1CCCC2. The van der Waals surface area contributed by atoms with Gasteiger partial charge in [-0.3, -0.25) is 0 Å². The smallest absolute Gasteiger partial charge is 0.197 e. The summed E-state index contributed by atoms with van der Waals surface area (Å²) in [5.41, 5.74) is 3.77. The van der Waals surface area contributed by atoms with E-state index in [0.717, 1.165) is 23.3 Å². The topological polar surface area (TPSA) is 25.8 Å². The molecule has 0 spiro atoms. The van der Waals surface area contributed by atoms with Gasteiger partial charge in [-0.1, -0.05) is 0 Å². The maximum absolute atomic E-state index is 4.38. The Bertz CT molecular complexity index is 310. The Balaban J connectivity index is 2.53. The van der Waals surface area contributed by atoms with Gasteiger partial charge in [-0.05, 0) is 54.1 Å². The van der Waals surface area contributed by atoms with Crippen LogP contribution in [0.5, 0.6) is 0 Å². The van der Waals surface area contributed by atoms with E-state index in [-0.39, 0.29) is 0 Å². The highest BCUT2D eigenvalue weighted by Gasteiger charge is 2.14. The zero-order valence-corrected chi connectivity index (χ0v) is 8.69.